The summed E-state index contributed by atoms with van der Waals surface area (Å²) in [4.78, 5) is 48.8. The SMILES string of the molecule is CCOc1cc(/C=C2/SC(=O)N([C@H](C)C(=O)OC)C2=O)ccc1OCc1ccc(C(=O)O)cc1. The van der Waals surface area contributed by atoms with Gasteiger partial charge in [-0.2, -0.15) is 0 Å². The number of hydrogen-bond donors (Lipinski definition) is 1. The predicted octanol–water partition coefficient (Wildman–Crippen LogP) is 3.96. The van der Waals surface area contributed by atoms with E-state index in [2.05, 4.69) is 4.74 Å². The van der Waals surface area contributed by atoms with Crippen molar-refractivity contribution in [3.8, 4) is 11.5 Å². The number of aromatic carboxylic acids is 1. The van der Waals surface area contributed by atoms with Crippen molar-refractivity contribution in [2.75, 3.05) is 13.7 Å². The van der Waals surface area contributed by atoms with Gasteiger partial charge in [-0.15, -0.1) is 0 Å². The smallest absolute Gasteiger partial charge is 0.335 e. The Morgan fingerprint density at radius 1 is 1.09 bits per heavy atom. The van der Waals surface area contributed by atoms with Crippen molar-refractivity contribution in [3.05, 3.63) is 64.1 Å². The van der Waals surface area contributed by atoms with Gasteiger partial charge < -0.3 is 19.3 Å². The molecule has 9 nitrogen and oxygen atoms in total. The predicted molar refractivity (Wildman–Crippen MR) is 125 cm³/mol. The van der Waals surface area contributed by atoms with Crippen molar-refractivity contribution >= 4 is 40.9 Å². The summed E-state index contributed by atoms with van der Waals surface area (Å²) in [5.41, 5.74) is 1.58. The number of carboxylic acids is 1. The Morgan fingerprint density at radius 3 is 2.41 bits per heavy atom. The van der Waals surface area contributed by atoms with Crippen molar-refractivity contribution in [2.45, 2.75) is 26.5 Å². The van der Waals surface area contributed by atoms with Crippen LogP contribution in [0.3, 0.4) is 0 Å². The van der Waals surface area contributed by atoms with Crippen molar-refractivity contribution in [1.82, 2.24) is 4.90 Å². The van der Waals surface area contributed by atoms with Crippen molar-refractivity contribution in [1.29, 1.82) is 0 Å². The number of amides is 2. The highest BCUT2D eigenvalue weighted by molar-refractivity contribution is 8.18. The average Bonchev–Trinajstić information content (AvgIpc) is 3.10. The quantitative estimate of drug-likeness (QED) is 0.416. The van der Waals surface area contributed by atoms with Gasteiger partial charge in [-0.25, -0.2) is 9.59 Å². The monoisotopic (exact) mass is 485 g/mol. The van der Waals surface area contributed by atoms with Gasteiger partial charge in [-0.3, -0.25) is 14.5 Å². The van der Waals surface area contributed by atoms with E-state index in [1.54, 1.807) is 36.4 Å². The Balaban J connectivity index is 1.77. The Kier molecular flexibility index (Phi) is 7.95. The lowest BCUT2D eigenvalue weighted by atomic mass is 10.1. The zero-order valence-corrected chi connectivity index (χ0v) is 19.6. The van der Waals surface area contributed by atoms with E-state index in [0.717, 1.165) is 22.2 Å². The van der Waals surface area contributed by atoms with Crippen molar-refractivity contribution in [2.24, 2.45) is 0 Å². The minimum absolute atomic E-state index is 0.176. The molecule has 0 aromatic heterocycles. The van der Waals surface area contributed by atoms with Gasteiger partial charge in [0.1, 0.15) is 12.6 Å². The van der Waals surface area contributed by atoms with E-state index < -0.39 is 29.1 Å². The summed E-state index contributed by atoms with van der Waals surface area (Å²) in [6.07, 6.45) is 1.55. The molecule has 1 aliphatic heterocycles. The molecule has 10 heteroatoms. The molecule has 1 fully saturated rings. The van der Waals surface area contributed by atoms with Crippen molar-refractivity contribution < 1.29 is 38.5 Å². The Hall–Kier alpha value is -3.79. The highest BCUT2D eigenvalue weighted by atomic mass is 32.2. The Morgan fingerprint density at radius 2 is 1.79 bits per heavy atom. The lowest BCUT2D eigenvalue weighted by Crippen LogP contribution is -2.42. The van der Waals surface area contributed by atoms with Crippen LogP contribution in [0.5, 0.6) is 11.5 Å². The fourth-order valence-corrected chi connectivity index (χ4v) is 4.06. The molecule has 0 radical (unpaired) electrons. The van der Waals surface area contributed by atoms with Crippen LogP contribution in [0, 0.1) is 0 Å². The van der Waals surface area contributed by atoms with Gasteiger partial charge in [-0.05, 0) is 67.1 Å². The number of imide groups is 1. The second kappa shape index (κ2) is 10.9. The van der Waals surface area contributed by atoms with Crippen LogP contribution in [0.1, 0.15) is 35.3 Å². The second-order valence-electron chi connectivity index (χ2n) is 7.18. The molecule has 0 aliphatic carbocycles. The lowest BCUT2D eigenvalue weighted by Gasteiger charge is -2.18. The van der Waals surface area contributed by atoms with E-state index in [9.17, 15) is 19.2 Å². The average molecular weight is 486 g/mol. The first-order valence-corrected chi connectivity index (χ1v) is 11.1. The third kappa shape index (κ3) is 5.57. The van der Waals surface area contributed by atoms with Crippen LogP contribution in [-0.2, 0) is 20.9 Å². The molecule has 2 aromatic rings. The van der Waals surface area contributed by atoms with Crippen LogP contribution >= 0.6 is 11.8 Å². The number of methoxy groups -OCH3 is 1. The normalized spacial score (nSPS) is 15.4. The largest absolute Gasteiger partial charge is 0.490 e. The zero-order valence-electron chi connectivity index (χ0n) is 18.8. The number of hydrogen-bond acceptors (Lipinski definition) is 8. The van der Waals surface area contributed by atoms with Gasteiger partial charge in [0, 0.05) is 0 Å². The fourth-order valence-electron chi connectivity index (χ4n) is 3.15. The molecule has 0 bridgehead atoms. The van der Waals surface area contributed by atoms with Gasteiger partial charge >= 0.3 is 11.9 Å². The summed E-state index contributed by atoms with van der Waals surface area (Å²) in [6.45, 7) is 3.82. The number of ether oxygens (including phenoxy) is 3. The van der Waals surface area contributed by atoms with E-state index in [1.807, 2.05) is 6.92 Å². The molecule has 0 unspecified atom stereocenters. The van der Waals surface area contributed by atoms with Gasteiger partial charge in [0.25, 0.3) is 11.1 Å². The molecule has 2 aromatic carbocycles. The minimum Gasteiger partial charge on any atom is -0.490 e. The molecule has 178 valence electrons. The molecule has 0 spiro atoms. The van der Waals surface area contributed by atoms with Crippen LogP contribution in [-0.4, -0.2) is 52.8 Å². The van der Waals surface area contributed by atoms with Gasteiger partial charge in [0.15, 0.2) is 11.5 Å². The lowest BCUT2D eigenvalue weighted by molar-refractivity contribution is -0.148. The molecule has 1 N–H and O–H groups in total. The van der Waals surface area contributed by atoms with Crippen LogP contribution < -0.4 is 9.47 Å². The van der Waals surface area contributed by atoms with Gasteiger partial charge in [0.05, 0.1) is 24.2 Å². The Bertz CT molecular complexity index is 1140. The van der Waals surface area contributed by atoms with Crippen LogP contribution in [0.15, 0.2) is 47.4 Å². The van der Waals surface area contributed by atoms with Gasteiger partial charge in [0.2, 0.25) is 0 Å². The summed E-state index contributed by atoms with van der Waals surface area (Å²) in [5.74, 6) is -1.34. The number of carboxylic acid groups (broad SMARTS) is 1. The third-order valence-electron chi connectivity index (χ3n) is 4.91. The van der Waals surface area contributed by atoms with Gasteiger partial charge in [-0.1, -0.05) is 18.2 Å². The summed E-state index contributed by atoms with van der Waals surface area (Å²) in [5, 5.41) is 8.45. The van der Waals surface area contributed by atoms with Crippen molar-refractivity contribution in [3.63, 3.8) is 0 Å². The number of esters is 1. The zero-order chi connectivity index (χ0) is 24.8. The molecular weight excluding hydrogens is 462 g/mol. The maximum Gasteiger partial charge on any atom is 0.335 e. The highest BCUT2D eigenvalue weighted by Crippen LogP contribution is 2.36. The second-order valence-corrected chi connectivity index (χ2v) is 8.17. The molecule has 2 amide bonds. The van der Waals surface area contributed by atoms with E-state index >= 15 is 0 Å². The topological polar surface area (TPSA) is 119 Å². The van der Waals surface area contributed by atoms with E-state index in [4.69, 9.17) is 14.6 Å². The van der Waals surface area contributed by atoms with Crippen LogP contribution in [0.4, 0.5) is 4.79 Å². The number of carbonyl (C=O) groups excluding carboxylic acids is 3. The van der Waals surface area contributed by atoms with E-state index in [-0.39, 0.29) is 17.1 Å². The molecule has 34 heavy (non-hydrogen) atoms. The molecule has 1 atom stereocenters. The first-order chi connectivity index (χ1) is 16.2. The molecule has 1 heterocycles. The first-order valence-electron chi connectivity index (χ1n) is 10.3. The standard InChI is InChI=1S/C24H23NO8S/c1-4-32-19-11-16(12-20-21(26)25(24(30)34-20)14(2)23(29)31-3)7-10-18(19)33-13-15-5-8-17(9-6-15)22(27)28/h5-12,14H,4,13H2,1-3H3,(H,27,28)/b20-12+/t14-/m1/s1. The Labute approximate surface area is 200 Å². The summed E-state index contributed by atoms with van der Waals surface area (Å²) < 4.78 is 16.2. The van der Waals surface area contributed by atoms with E-state index in [0.29, 0.717) is 23.7 Å². The first kappa shape index (κ1) is 24.8. The number of thioether (sulfide) groups is 1. The fraction of sp³-hybridized carbons (Fsp3) is 0.250. The molecule has 1 aliphatic rings. The van der Waals surface area contributed by atoms with E-state index in [1.165, 1.54) is 26.2 Å². The summed E-state index contributed by atoms with van der Waals surface area (Å²) in [6, 6.07) is 10.4. The third-order valence-corrected chi connectivity index (χ3v) is 5.80. The molecule has 3 rings (SSSR count). The number of nitrogens with zero attached hydrogens (tertiary/aromatic N) is 1. The maximum absolute atomic E-state index is 12.7. The summed E-state index contributed by atoms with van der Waals surface area (Å²) >= 11 is 0.744. The molecule has 1 saturated heterocycles. The molecule has 0 saturated carbocycles. The van der Waals surface area contributed by atoms with Crippen LogP contribution in [0.25, 0.3) is 6.08 Å². The number of benzene rings is 2. The highest BCUT2D eigenvalue weighted by Gasteiger charge is 2.41. The number of rotatable bonds is 9. The summed E-state index contributed by atoms with van der Waals surface area (Å²) in [7, 11) is 1.19. The van der Waals surface area contributed by atoms with Crippen LogP contribution in [0.2, 0.25) is 0 Å². The maximum atomic E-state index is 12.7. The minimum atomic E-state index is -1.03. The molecular formula is C24H23NO8S. The number of carbonyl (C=O) groups is 4.